The summed E-state index contributed by atoms with van der Waals surface area (Å²) in [5.74, 6) is -2.60. The van der Waals surface area contributed by atoms with Gasteiger partial charge >= 0.3 is 5.97 Å². The lowest BCUT2D eigenvalue weighted by Gasteiger charge is -2.21. The molecule has 23 heavy (non-hydrogen) atoms. The van der Waals surface area contributed by atoms with Crippen LogP contribution in [0.25, 0.3) is 11.1 Å². The summed E-state index contributed by atoms with van der Waals surface area (Å²) in [6.07, 6.45) is 0. The van der Waals surface area contributed by atoms with E-state index in [1.807, 2.05) is 0 Å². The lowest BCUT2D eigenvalue weighted by molar-refractivity contribution is -0.121. The minimum Gasteiger partial charge on any atom is -0.478 e. The first kappa shape index (κ1) is 16.7. The Morgan fingerprint density at radius 3 is 2.26 bits per heavy atom. The molecule has 0 spiro atoms. The van der Waals surface area contributed by atoms with E-state index in [0.717, 1.165) is 0 Å². The van der Waals surface area contributed by atoms with Gasteiger partial charge in [0.2, 0.25) is 5.91 Å². The Balaban J connectivity index is 2.64. The van der Waals surface area contributed by atoms with Crippen molar-refractivity contribution in [1.82, 2.24) is 0 Å². The molecule has 120 valence electrons. The molecule has 0 aliphatic carbocycles. The van der Waals surface area contributed by atoms with Crippen LogP contribution in [0.4, 0.5) is 10.1 Å². The molecule has 0 aliphatic rings. The van der Waals surface area contributed by atoms with E-state index in [-0.39, 0.29) is 17.4 Å². The SMILES string of the molecule is CC(C)C(=O)N(C)c1cc(C(=O)O)c(F)c(-c2ccccc2)c1. The highest BCUT2D eigenvalue weighted by Gasteiger charge is 2.21. The first-order chi connectivity index (χ1) is 10.8. The van der Waals surface area contributed by atoms with Crippen LogP contribution < -0.4 is 4.90 Å². The number of nitrogens with zero attached hydrogens (tertiary/aromatic N) is 1. The average molecular weight is 315 g/mol. The number of anilines is 1. The molecular formula is C18H18FNO3. The molecule has 5 heteroatoms. The number of carbonyl (C=O) groups excluding carboxylic acids is 1. The number of carbonyl (C=O) groups is 2. The zero-order valence-corrected chi connectivity index (χ0v) is 13.2. The zero-order chi connectivity index (χ0) is 17.1. The van der Waals surface area contributed by atoms with Gasteiger partial charge in [0.05, 0.1) is 5.56 Å². The Morgan fingerprint density at radius 2 is 1.74 bits per heavy atom. The number of rotatable bonds is 4. The molecule has 0 atom stereocenters. The van der Waals surface area contributed by atoms with Crippen LogP contribution in [0.2, 0.25) is 0 Å². The number of benzene rings is 2. The Morgan fingerprint density at radius 1 is 1.13 bits per heavy atom. The van der Waals surface area contributed by atoms with E-state index in [4.69, 9.17) is 0 Å². The lowest BCUT2D eigenvalue weighted by atomic mass is 10.00. The molecule has 0 unspecified atom stereocenters. The molecule has 0 saturated carbocycles. The lowest BCUT2D eigenvalue weighted by Crippen LogP contribution is -2.30. The molecule has 0 heterocycles. The smallest absolute Gasteiger partial charge is 0.338 e. The summed E-state index contributed by atoms with van der Waals surface area (Å²) in [5, 5.41) is 9.25. The number of amides is 1. The molecule has 4 nitrogen and oxygen atoms in total. The molecule has 2 rings (SSSR count). The van der Waals surface area contributed by atoms with Crippen LogP contribution in [0, 0.1) is 11.7 Å². The minimum atomic E-state index is -1.37. The summed E-state index contributed by atoms with van der Waals surface area (Å²) in [4.78, 5) is 24.8. The molecule has 2 aromatic rings. The molecule has 0 fully saturated rings. The van der Waals surface area contributed by atoms with Crippen LogP contribution in [-0.2, 0) is 4.79 Å². The molecule has 1 N–H and O–H groups in total. The molecule has 0 radical (unpaired) electrons. The van der Waals surface area contributed by atoms with Crippen molar-refractivity contribution in [3.8, 4) is 11.1 Å². The first-order valence-electron chi connectivity index (χ1n) is 7.22. The molecule has 0 saturated heterocycles. The monoisotopic (exact) mass is 315 g/mol. The Bertz CT molecular complexity index is 741. The molecule has 0 aliphatic heterocycles. The predicted octanol–water partition coefficient (Wildman–Crippen LogP) is 3.81. The highest BCUT2D eigenvalue weighted by molar-refractivity contribution is 5.98. The van der Waals surface area contributed by atoms with Crippen molar-refractivity contribution in [2.45, 2.75) is 13.8 Å². The van der Waals surface area contributed by atoms with E-state index in [1.54, 1.807) is 51.2 Å². The van der Waals surface area contributed by atoms with Gasteiger partial charge in [0.1, 0.15) is 5.82 Å². The van der Waals surface area contributed by atoms with Crippen LogP contribution in [0.3, 0.4) is 0 Å². The van der Waals surface area contributed by atoms with Crippen molar-refractivity contribution in [3.63, 3.8) is 0 Å². The van der Waals surface area contributed by atoms with E-state index in [1.165, 1.54) is 17.0 Å². The maximum atomic E-state index is 14.5. The van der Waals surface area contributed by atoms with Gasteiger partial charge in [-0.3, -0.25) is 4.79 Å². The number of halogens is 1. The van der Waals surface area contributed by atoms with Crippen LogP contribution >= 0.6 is 0 Å². The van der Waals surface area contributed by atoms with Gasteiger partial charge in [-0.2, -0.15) is 0 Å². The molecule has 2 aromatic carbocycles. The molecule has 1 amide bonds. The second-order valence-corrected chi connectivity index (χ2v) is 5.58. The highest BCUT2D eigenvalue weighted by Crippen LogP contribution is 2.30. The first-order valence-corrected chi connectivity index (χ1v) is 7.22. The van der Waals surface area contributed by atoms with E-state index < -0.39 is 17.3 Å². The summed E-state index contributed by atoms with van der Waals surface area (Å²) in [6, 6.07) is 11.3. The number of carboxylic acid groups (broad SMARTS) is 1. The predicted molar refractivity (Wildman–Crippen MR) is 87.0 cm³/mol. The number of hydrogen-bond acceptors (Lipinski definition) is 2. The maximum Gasteiger partial charge on any atom is 0.338 e. The molecular weight excluding hydrogens is 297 g/mol. The Hall–Kier alpha value is -2.69. The quantitative estimate of drug-likeness (QED) is 0.933. The average Bonchev–Trinajstić information content (AvgIpc) is 2.54. The maximum absolute atomic E-state index is 14.5. The van der Waals surface area contributed by atoms with Gasteiger partial charge in [-0.1, -0.05) is 44.2 Å². The summed E-state index contributed by atoms with van der Waals surface area (Å²) >= 11 is 0. The number of hydrogen-bond donors (Lipinski definition) is 1. The van der Waals surface area contributed by atoms with Gasteiger partial charge in [-0.05, 0) is 17.7 Å². The van der Waals surface area contributed by atoms with Crippen molar-refractivity contribution in [1.29, 1.82) is 0 Å². The Labute approximate surface area is 134 Å². The van der Waals surface area contributed by atoms with Crippen LogP contribution in [0.15, 0.2) is 42.5 Å². The topological polar surface area (TPSA) is 57.6 Å². The third kappa shape index (κ3) is 3.39. The van der Waals surface area contributed by atoms with Gasteiger partial charge in [0, 0.05) is 24.2 Å². The third-order valence-corrected chi connectivity index (χ3v) is 3.58. The minimum absolute atomic E-state index is 0.156. The van der Waals surface area contributed by atoms with E-state index >= 15 is 0 Å². The van der Waals surface area contributed by atoms with Crippen LogP contribution in [0.5, 0.6) is 0 Å². The van der Waals surface area contributed by atoms with Crippen LogP contribution in [0.1, 0.15) is 24.2 Å². The van der Waals surface area contributed by atoms with Gasteiger partial charge < -0.3 is 10.0 Å². The second-order valence-electron chi connectivity index (χ2n) is 5.58. The van der Waals surface area contributed by atoms with E-state index in [2.05, 4.69) is 0 Å². The van der Waals surface area contributed by atoms with E-state index in [9.17, 15) is 19.1 Å². The zero-order valence-electron chi connectivity index (χ0n) is 13.2. The fourth-order valence-electron chi connectivity index (χ4n) is 2.30. The Kier molecular flexibility index (Phi) is 4.79. The fraction of sp³-hybridized carbons (Fsp3) is 0.222. The summed E-state index contributed by atoms with van der Waals surface area (Å²) in [5.41, 5.74) is 0.606. The van der Waals surface area contributed by atoms with Crippen molar-refractivity contribution >= 4 is 17.6 Å². The highest BCUT2D eigenvalue weighted by atomic mass is 19.1. The molecule has 0 bridgehead atoms. The second kappa shape index (κ2) is 6.60. The summed E-state index contributed by atoms with van der Waals surface area (Å²) in [7, 11) is 1.55. The standard InChI is InChI=1S/C18H18FNO3/c1-11(2)17(21)20(3)13-9-14(12-7-5-4-6-8-12)16(19)15(10-13)18(22)23/h4-11H,1-3H3,(H,22,23). The van der Waals surface area contributed by atoms with Gasteiger partial charge in [-0.25, -0.2) is 9.18 Å². The van der Waals surface area contributed by atoms with Crippen molar-refractivity contribution < 1.29 is 19.1 Å². The fourth-order valence-corrected chi connectivity index (χ4v) is 2.30. The van der Waals surface area contributed by atoms with Crippen molar-refractivity contribution in [2.75, 3.05) is 11.9 Å². The number of aromatic carboxylic acids is 1. The largest absolute Gasteiger partial charge is 0.478 e. The normalized spacial score (nSPS) is 10.7. The van der Waals surface area contributed by atoms with Crippen molar-refractivity contribution in [3.05, 3.63) is 53.8 Å². The third-order valence-electron chi connectivity index (χ3n) is 3.58. The van der Waals surface area contributed by atoms with Gasteiger partial charge in [0.25, 0.3) is 0 Å². The summed E-state index contributed by atoms with van der Waals surface area (Å²) < 4.78 is 14.5. The van der Waals surface area contributed by atoms with E-state index in [0.29, 0.717) is 11.3 Å². The van der Waals surface area contributed by atoms with Gasteiger partial charge in [0.15, 0.2) is 0 Å². The van der Waals surface area contributed by atoms with Crippen molar-refractivity contribution in [2.24, 2.45) is 5.92 Å². The summed E-state index contributed by atoms with van der Waals surface area (Å²) in [6.45, 7) is 3.50. The number of carboxylic acids is 1. The van der Waals surface area contributed by atoms with Gasteiger partial charge in [-0.15, -0.1) is 0 Å². The molecule has 0 aromatic heterocycles. The van der Waals surface area contributed by atoms with Crippen LogP contribution in [-0.4, -0.2) is 24.0 Å².